The molecule has 0 saturated carbocycles. The SMILES string of the molecule is NC(=O)C(O)CNC(=O)CCN1CCSC1=O. The Bertz CT molecular complexity index is 323. The molecular weight excluding hydrogens is 246 g/mol. The molecule has 8 heteroatoms. The van der Waals surface area contributed by atoms with Crippen molar-refractivity contribution in [2.24, 2.45) is 5.73 Å². The Hall–Kier alpha value is -1.28. The van der Waals surface area contributed by atoms with Crippen molar-refractivity contribution < 1.29 is 19.5 Å². The molecule has 1 heterocycles. The molecular formula is C9H15N3O4S. The van der Waals surface area contributed by atoms with Gasteiger partial charge in [-0.1, -0.05) is 11.8 Å². The van der Waals surface area contributed by atoms with Gasteiger partial charge >= 0.3 is 0 Å². The maximum atomic E-state index is 11.3. The largest absolute Gasteiger partial charge is 0.381 e. The Kier molecular flexibility index (Phi) is 5.23. The highest BCUT2D eigenvalue weighted by Gasteiger charge is 2.21. The maximum absolute atomic E-state index is 11.3. The molecule has 0 aliphatic carbocycles. The van der Waals surface area contributed by atoms with Crippen molar-refractivity contribution in [2.45, 2.75) is 12.5 Å². The molecule has 1 rings (SSSR count). The van der Waals surface area contributed by atoms with E-state index >= 15 is 0 Å². The van der Waals surface area contributed by atoms with Crippen molar-refractivity contribution in [3.05, 3.63) is 0 Å². The van der Waals surface area contributed by atoms with E-state index in [2.05, 4.69) is 5.32 Å². The Balaban J connectivity index is 2.17. The number of nitrogens with two attached hydrogens (primary N) is 1. The second kappa shape index (κ2) is 6.45. The Morgan fingerprint density at radius 2 is 2.29 bits per heavy atom. The lowest BCUT2D eigenvalue weighted by atomic mass is 10.3. The van der Waals surface area contributed by atoms with Gasteiger partial charge in [-0.05, 0) is 0 Å². The summed E-state index contributed by atoms with van der Waals surface area (Å²) in [5, 5.41) is 11.4. The lowest BCUT2D eigenvalue weighted by Gasteiger charge is -2.14. The second-order valence-electron chi connectivity index (χ2n) is 3.57. The first-order valence-corrected chi connectivity index (χ1v) is 6.15. The lowest BCUT2D eigenvalue weighted by Crippen LogP contribution is -2.40. The van der Waals surface area contributed by atoms with Crippen LogP contribution in [0.15, 0.2) is 0 Å². The standard InChI is InChI=1S/C9H15N3O4S/c10-8(15)6(13)5-11-7(14)1-2-12-3-4-17-9(12)16/h6,13H,1-5H2,(H2,10,15)(H,11,14). The molecule has 96 valence electrons. The highest BCUT2D eigenvalue weighted by atomic mass is 32.2. The summed E-state index contributed by atoms with van der Waals surface area (Å²) >= 11 is 1.23. The summed E-state index contributed by atoms with van der Waals surface area (Å²) in [7, 11) is 0. The number of rotatable bonds is 6. The molecule has 1 unspecified atom stereocenters. The van der Waals surface area contributed by atoms with Crippen LogP contribution in [0.3, 0.4) is 0 Å². The average molecular weight is 261 g/mol. The van der Waals surface area contributed by atoms with Crippen molar-refractivity contribution in [1.29, 1.82) is 0 Å². The minimum absolute atomic E-state index is 0.0185. The van der Waals surface area contributed by atoms with Crippen molar-refractivity contribution in [3.63, 3.8) is 0 Å². The van der Waals surface area contributed by atoms with Gasteiger partial charge in [0.15, 0.2) is 0 Å². The van der Waals surface area contributed by atoms with E-state index in [0.717, 1.165) is 5.75 Å². The number of aliphatic hydroxyl groups is 1. The molecule has 0 spiro atoms. The molecule has 1 atom stereocenters. The first-order chi connectivity index (χ1) is 8.00. The summed E-state index contributed by atoms with van der Waals surface area (Å²) < 4.78 is 0. The van der Waals surface area contributed by atoms with Crippen LogP contribution in [0.25, 0.3) is 0 Å². The van der Waals surface area contributed by atoms with Crippen LogP contribution in [0.1, 0.15) is 6.42 Å². The average Bonchev–Trinajstić information content (AvgIpc) is 2.68. The Labute approximate surface area is 103 Å². The van der Waals surface area contributed by atoms with Crippen LogP contribution in [-0.4, -0.2) is 58.6 Å². The molecule has 0 aromatic heterocycles. The van der Waals surface area contributed by atoms with Gasteiger partial charge in [-0.25, -0.2) is 0 Å². The van der Waals surface area contributed by atoms with Crippen LogP contribution in [-0.2, 0) is 9.59 Å². The monoisotopic (exact) mass is 261 g/mol. The van der Waals surface area contributed by atoms with E-state index in [4.69, 9.17) is 10.8 Å². The number of nitrogens with one attached hydrogen (secondary N) is 1. The molecule has 1 aliphatic rings. The normalized spacial score (nSPS) is 17.0. The van der Waals surface area contributed by atoms with Crippen LogP contribution < -0.4 is 11.1 Å². The molecule has 7 nitrogen and oxygen atoms in total. The number of primary amides is 1. The smallest absolute Gasteiger partial charge is 0.281 e. The van der Waals surface area contributed by atoms with Gasteiger partial charge in [0.1, 0.15) is 6.10 Å². The summed E-state index contributed by atoms with van der Waals surface area (Å²) in [4.78, 5) is 34.6. The minimum Gasteiger partial charge on any atom is -0.381 e. The molecule has 0 aromatic carbocycles. The number of carbonyl (C=O) groups excluding carboxylic acids is 3. The van der Waals surface area contributed by atoms with Gasteiger partial charge in [-0.15, -0.1) is 0 Å². The van der Waals surface area contributed by atoms with Gasteiger partial charge in [-0.2, -0.15) is 0 Å². The second-order valence-corrected chi connectivity index (χ2v) is 4.62. The third-order valence-corrected chi connectivity index (χ3v) is 3.17. The zero-order valence-corrected chi connectivity index (χ0v) is 10.0. The molecule has 17 heavy (non-hydrogen) atoms. The number of thioether (sulfide) groups is 1. The van der Waals surface area contributed by atoms with Gasteiger partial charge < -0.3 is 21.1 Å². The van der Waals surface area contributed by atoms with Crippen molar-refractivity contribution in [3.8, 4) is 0 Å². The van der Waals surface area contributed by atoms with E-state index < -0.39 is 12.0 Å². The summed E-state index contributed by atoms with van der Waals surface area (Å²) in [6, 6.07) is 0. The molecule has 3 amide bonds. The van der Waals surface area contributed by atoms with Gasteiger partial charge in [-0.3, -0.25) is 14.4 Å². The number of hydrogen-bond donors (Lipinski definition) is 3. The highest BCUT2D eigenvalue weighted by Crippen LogP contribution is 2.16. The van der Waals surface area contributed by atoms with Gasteiger partial charge in [0.05, 0.1) is 6.54 Å². The predicted octanol–water partition coefficient (Wildman–Crippen LogP) is -1.49. The molecule has 0 radical (unpaired) electrons. The highest BCUT2D eigenvalue weighted by molar-refractivity contribution is 8.13. The third kappa shape index (κ3) is 4.61. The zero-order valence-electron chi connectivity index (χ0n) is 9.22. The van der Waals surface area contributed by atoms with Crippen LogP contribution in [0.5, 0.6) is 0 Å². The van der Waals surface area contributed by atoms with Crippen LogP contribution in [0.4, 0.5) is 4.79 Å². The number of amides is 3. The topological polar surface area (TPSA) is 113 Å². The third-order valence-electron chi connectivity index (χ3n) is 2.27. The fraction of sp³-hybridized carbons (Fsp3) is 0.667. The van der Waals surface area contributed by atoms with E-state index in [9.17, 15) is 14.4 Å². The fourth-order valence-corrected chi connectivity index (χ4v) is 2.12. The van der Waals surface area contributed by atoms with Crippen LogP contribution >= 0.6 is 11.8 Å². The molecule has 0 bridgehead atoms. The summed E-state index contributed by atoms with van der Waals surface area (Å²) in [6.07, 6.45) is -1.22. The molecule has 1 saturated heterocycles. The van der Waals surface area contributed by atoms with Crippen molar-refractivity contribution in [1.82, 2.24) is 10.2 Å². The van der Waals surface area contributed by atoms with E-state index in [0.29, 0.717) is 13.1 Å². The molecule has 1 aliphatic heterocycles. The van der Waals surface area contributed by atoms with Gasteiger partial charge in [0.25, 0.3) is 5.24 Å². The molecule has 4 N–H and O–H groups in total. The van der Waals surface area contributed by atoms with Crippen molar-refractivity contribution in [2.75, 3.05) is 25.4 Å². The number of carbonyl (C=O) groups is 3. The summed E-state index contributed by atoms with van der Waals surface area (Å²) in [6.45, 7) is 0.807. The van der Waals surface area contributed by atoms with Crippen molar-refractivity contribution >= 4 is 28.8 Å². The van der Waals surface area contributed by atoms with Gasteiger partial charge in [0.2, 0.25) is 11.8 Å². The van der Waals surface area contributed by atoms with E-state index in [1.54, 1.807) is 4.90 Å². The maximum Gasteiger partial charge on any atom is 0.281 e. The fourth-order valence-electron chi connectivity index (χ4n) is 1.26. The number of aliphatic hydroxyl groups excluding tert-OH is 1. The lowest BCUT2D eigenvalue weighted by molar-refractivity contribution is -0.127. The minimum atomic E-state index is -1.37. The van der Waals surface area contributed by atoms with E-state index in [1.165, 1.54) is 11.8 Å². The van der Waals surface area contributed by atoms with E-state index in [-0.39, 0.29) is 24.1 Å². The summed E-state index contributed by atoms with van der Waals surface area (Å²) in [5.41, 5.74) is 4.82. The first kappa shape index (κ1) is 13.8. The quantitative estimate of drug-likeness (QED) is 0.539. The predicted molar refractivity (Wildman–Crippen MR) is 62.3 cm³/mol. The number of nitrogens with zero attached hydrogens (tertiary/aromatic N) is 1. The zero-order chi connectivity index (χ0) is 12.8. The van der Waals surface area contributed by atoms with Gasteiger partial charge in [0, 0.05) is 25.3 Å². The molecule has 0 aromatic rings. The Morgan fingerprint density at radius 1 is 1.59 bits per heavy atom. The Morgan fingerprint density at radius 3 is 2.82 bits per heavy atom. The number of hydrogen-bond acceptors (Lipinski definition) is 5. The molecule has 1 fully saturated rings. The summed E-state index contributed by atoms with van der Waals surface area (Å²) in [5.74, 6) is -0.452. The first-order valence-electron chi connectivity index (χ1n) is 5.16. The van der Waals surface area contributed by atoms with E-state index in [1.807, 2.05) is 0 Å². The van der Waals surface area contributed by atoms with Crippen LogP contribution in [0.2, 0.25) is 0 Å². The van der Waals surface area contributed by atoms with Crippen LogP contribution in [0, 0.1) is 0 Å².